The van der Waals surface area contributed by atoms with Gasteiger partial charge < -0.3 is 14.5 Å². The Bertz CT molecular complexity index is 1010. The predicted octanol–water partition coefficient (Wildman–Crippen LogP) is 2.22. The van der Waals surface area contributed by atoms with Crippen molar-refractivity contribution in [3.05, 3.63) is 59.7 Å². The van der Waals surface area contributed by atoms with E-state index in [-0.39, 0.29) is 11.7 Å². The number of nitriles is 1. The van der Waals surface area contributed by atoms with Gasteiger partial charge in [0, 0.05) is 31.9 Å². The van der Waals surface area contributed by atoms with Crippen molar-refractivity contribution in [2.24, 2.45) is 0 Å². The summed E-state index contributed by atoms with van der Waals surface area (Å²) < 4.78 is 30.2. The number of amides is 1. The van der Waals surface area contributed by atoms with E-state index in [0.717, 1.165) is 24.4 Å². The number of sulfone groups is 1. The van der Waals surface area contributed by atoms with Crippen molar-refractivity contribution >= 4 is 21.4 Å². The molecule has 0 atom stereocenters. The van der Waals surface area contributed by atoms with E-state index in [1.54, 1.807) is 36.3 Å². The zero-order valence-electron chi connectivity index (χ0n) is 17.0. The summed E-state index contributed by atoms with van der Waals surface area (Å²) >= 11 is 0. The Kier molecular flexibility index (Phi) is 6.95. The van der Waals surface area contributed by atoms with Crippen LogP contribution in [-0.2, 0) is 20.4 Å². The Morgan fingerprint density at radius 1 is 1.03 bits per heavy atom. The number of hydrogen-bond acceptors (Lipinski definition) is 6. The molecule has 1 aliphatic rings. The SMILES string of the molecule is COc1ccc(N2CCCN(C(=O)CS(=O)(=O)Cc3ccc(C#N)cc3)CC2)cc1. The van der Waals surface area contributed by atoms with Crippen molar-refractivity contribution in [2.75, 3.05) is 43.9 Å². The van der Waals surface area contributed by atoms with E-state index in [4.69, 9.17) is 10.00 Å². The number of methoxy groups -OCH3 is 1. The van der Waals surface area contributed by atoms with Crippen molar-refractivity contribution in [1.82, 2.24) is 4.90 Å². The number of nitrogens with zero attached hydrogens (tertiary/aromatic N) is 3. The van der Waals surface area contributed by atoms with Crippen LogP contribution >= 0.6 is 0 Å². The highest BCUT2D eigenvalue weighted by Gasteiger charge is 2.24. The lowest BCUT2D eigenvalue weighted by Gasteiger charge is -2.24. The molecule has 1 amide bonds. The van der Waals surface area contributed by atoms with Gasteiger partial charge in [-0.25, -0.2) is 8.42 Å². The molecule has 1 fully saturated rings. The van der Waals surface area contributed by atoms with Gasteiger partial charge in [0.05, 0.1) is 24.5 Å². The van der Waals surface area contributed by atoms with Crippen molar-refractivity contribution in [3.8, 4) is 11.8 Å². The van der Waals surface area contributed by atoms with Gasteiger partial charge in [-0.05, 0) is 48.4 Å². The second-order valence-electron chi connectivity index (χ2n) is 7.26. The first-order valence-corrected chi connectivity index (χ1v) is 11.6. The third-order valence-corrected chi connectivity index (χ3v) is 6.56. The monoisotopic (exact) mass is 427 g/mol. The van der Waals surface area contributed by atoms with Crippen LogP contribution in [-0.4, -0.2) is 58.3 Å². The van der Waals surface area contributed by atoms with Crippen molar-refractivity contribution in [1.29, 1.82) is 5.26 Å². The molecule has 158 valence electrons. The predicted molar refractivity (Wildman–Crippen MR) is 115 cm³/mol. The van der Waals surface area contributed by atoms with Crippen molar-refractivity contribution in [3.63, 3.8) is 0 Å². The lowest BCUT2D eigenvalue weighted by Crippen LogP contribution is -2.38. The van der Waals surface area contributed by atoms with E-state index >= 15 is 0 Å². The fourth-order valence-electron chi connectivity index (χ4n) is 3.48. The maximum atomic E-state index is 12.7. The van der Waals surface area contributed by atoms with Crippen LogP contribution in [0.1, 0.15) is 17.5 Å². The summed E-state index contributed by atoms with van der Waals surface area (Å²) in [5.41, 5.74) is 2.10. The minimum absolute atomic E-state index is 0.212. The summed E-state index contributed by atoms with van der Waals surface area (Å²) in [7, 11) is -1.96. The molecule has 0 unspecified atom stereocenters. The molecule has 1 aliphatic heterocycles. The van der Waals surface area contributed by atoms with Crippen LogP contribution in [0.4, 0.5) is 5.69 Å². The summed E-state index contributed by atoms with van der Waals surface area (Å²) in [6, 6.07) is 16.1. The third-order valence-electron chi connectivity index (χ3n) is 5.10. The van der Waals surface area contributed by atoms with Crippen molar-refractivity contribution in [2.45, 2.75) is 12.2 Å². The highest BCUT2D eigenvalue weighted by atomic mass is 32.2. The van der Waals surface area contributed by atoms with Crippen molar-refractivity contribution < 1.29 is 17.9 Å². The number of carbonyl (C=O) groups is 1. The Balaban J connectivity index is 1.57. The highest BCUT2D eigenvalue weighted by molar-refractivity contribution is 7.91. The van der Waals surface area contributed by atoms with Crippen LogP contribution in [0.2, 0.25) is 0 Å². The quantitative estimate of drug-likeness (QED) is 0.702. The number of carbonyl (C=O) groups excluding carboxylic acids is 1. The van der Waals surface area contributed by atoms with E-state index < -0.39 is 15.6 Å². The molecule has 0 aromatic heterocycles. The average molecular weight is 428 g/mol. The second kappa shape index (κ2) is 9.63. The molecule has 0 saturated carbocycles. The Labute approximate surface area is 177 Å². The fraction of sp³-hybridized carbons (Fsp3) is 0.364. The number of hydrogen-bond donors (Lipinski definition) is 0. The summed E-state index contributed by atoms with van der Waals surface area (Å²) in [6.45, 7) is 2.47. The molecule has 1 heterocycles. The summed E-state index contributed by atoms with van der Waals surface area (Å²) in [4.78, 5) is 16.5. The molecular formula is C22H25N3O4S. The second-order valence-corrected chi connectivity index (χ2v) is 9.32. The molecule has 0 spiro atoms. The molecule has 3 rings (SSSR count). The molecule has 8 heteroatoms. The molecule has 0 aliphatic carbocycles. The van der Waals surface area contributed by atoms with Gasteiger partial charge in [-0.3, -0.25) is 4.79 Å². The van der Waals surface area contributed by atoms with Gasteiger partial charge in [0.15, 0.2) is 9.84 Å². The molecule has 0 radical (unpaired) electrons. The first-order valence-electron chi connectivity index (χ1n) is 9.76. The number of benzene rings is 2. The maximum absolute atomic E-state index is 12.7. The van der Waals surface area contributed by atoms with E-state index in [2.05, 4.69) is 4.90 Å². The minimum atomic E-state index is -3.59. The van der Waals surface area contributed by atoms with Gasteiger partial charge in [0.1, 0.15) is 11.5 Å². The largest absolute Gasteiger partial charge is 0.497 e. The first kappa shape index (κ1) is 21.7. The molecule has 0 N–H and O–H groups in total. The summed E-state index contributed by atoms with van der Waals surface area (Å²) in [5, 5.41) is 8.83. The van der Waals surface area contributed by atoms with Crippen LogP contribution < -0.4 is 9.64 Å². The third kappa shape index (κ3) is 5.74. The van der Waals surface area contributed by atoms with Gasteiger partial charge in [0.25, 0.3) is 0 Å². The Hall–Kier alpha value is -3.05. The average Bonchev–Trinajstić information content (AvgIpc) is 3.00. The number of anilines is 1. The zero-order valence-corrected chi connectivity index (χ0v) is 17.8. The van der Waals surface area contributed by atoms with E-state index in [1.807, 2.05) is 30.3 Å². The Morgan fingerprint density at radius 2 is 1.73 bits per heavy atom. The minimum Gasteiger partial charge on any atom is -0.497 e. The van der Waals surface area contributed by atoms with Crippen LogP contribution in [0, 0.1) is 11.3 Å². The summed E-state index contributed by atoms with van der Waals surface area (Å²) in [5.74, 6) is -0.288. The van der Waals surface area contributed by atoms with Gasteiger partial charge in [-0.15, -0.1) is 0 Å². The maximum Gasteiger partial charge on any atom is 0.237 e. The topological polar surface area (TPSA) is 90.7 Å². The normalized spacial score (nSPS) is 14.7. The fourth-order valence-corrected chi connectivity index (χ4v) is 4.84. The molecule has 1 saturated heterocycles. The number of ether oxygens (including phenoxy) is 1. The smallest absolute Gasteiger partial charge is 0.237 e. The highest BCUT2D eigenvalue weighted by Crippen LogP contribution is 2.21. The van der Waals surface area contributed by atoms with Crippen LogP contribution in [0.5, 0.6) is 5.75 Å². The number of rotatable bonds is 6. The first-order chi connectivity index (χ1) is 14.4. The zero-order chi connectivity index (χ0) is 21.6. The molecule has 2 aromatic rings. The molecule has 7 nitrogen and oxygen atoms in total. The molecule has 0 bridgehead atoms. The van der Waals surface area contributed by atoms with Gasteiger partial charge in [-0.1, -0.05) is 12.1 Å². The van der Waals surface area contributed by atoms with Gasteiger partial charge in [-0.2, -0.15) is 5.26 Å². The molecule has 2 aromatic carbocycles. The van der Waals surface area contributed by atoms with E-state index in [9.17, 15) is 13.2 Å². The van der Waals surface area contributed by atoms with Crippen LogP contribution in [0.3, 0.4) is 0 Å². The molecule has 30 heavy (non-hydrogen) atoms. The lowest BCUT2D eigenvalue weighted by atomic mass is 10.2. The lowest BCUT2D eigenvalue weighted by molar-refractivity contribution is -0.128. The van der Waals surface area contributed by atoms with E-state index in [0.29, 0.717) is 30.8 Å². The van der Waals surface area contributed by atoms with Gasteiger partial charge in [0.2, 0.25) is 5.91 Å². The molecular weight excluding hydrogens is 402 g/mol. The Morgan fingerprint density at radius 3 is 2.37 bits per heavy atom. The van der Waals surface area contributed by atoms with Gasteiger partial charge >= 0.3 is 0 Å². The van der Waals surface area contributed by atoms with Crippen LogP contribution in [0.15, 0.2) is 48.5 Å². The standard InChI is InChI=1S/C22H25N3O4S/c1-29-21-9-7-20(8-10-21)24-11-2-12-25(14-13-24)22(26)17-30(27,28)16-19-5-3-18(15-23)4-6-19/h3-10H,2,11-14,16-17H2,1H3. The van der Waals surface area contributed by atoms with Crippen LogP contribution in [0.25, 0.3) is 0 Å². The van der Waals surface area contributed by atoms with E-state index in [1.165, 1.54) is 0 Å². The summed E-state index contributed by atoms with van der Waals surface area (Å²) in [6.07, 6.45) is 0.771.